The van der Waals surface area contributed by atoms with E-state index in [1.54, 1.807) is 0 Å². The predicted molar refractivity (Wildman–Crippen MR) is 10.5 cm³/mol. The van der Waals surface area contributed by atoms with Crippen molar-refractivity contribution in [2.24, 2.45) is 0 Å². The van der Waals surface area contributed by atoms with E-state index in [2.05, 4.69) is 9.93 Å². The first kappa shape index (κ1) is 9.32. The molecule has 0 saturated carbocycles. The van der Waals surface area contributed by atoms with Crippen LogP contribution in [0, 0.1) is 0 Å². The summed E-state index contributed by atoms with van der Waals surface area (Å²) in [6, 6.07) is 0. The molecule has 0 rings (SSSR count). The maximum atomic E-state index is 8.77. The number of hydrogen-bond acceptors (Lipinski definition) is 4. The van der Waals surface area contributed by atoms with Gasteiger partial charge in [0, 0.05) is 17.1 Å². The van der Waals surface area contributed by atoms with Crippen LogP contribution in [0.3, 0.4) is 0 Å². The molecule has 0 radical (unpaired) electrons. The average molecular weight is 133 g/mol. The van der Waals surface area contributed by atoms with Crippen LogP contribution in [0.25, 0.3) is 0 Å². The van der Waals surface area contributed by atoms with Crippen molar-refractivity contribution < 1.29 is 37.0 Å². The fourth-order valence-electron chi connectivity index (χ4n) is 0.0152. The van der Waals surface area contributed by atoms with Crippen molar-refractivity contribution in [1.29, 1.82) is 0 Å². The van der Waals surface area contributed by atoms with Gasteiger partial charge in [0.05, 0.1) is 0 Å². The van der Waals surface area contributed by atoms with Crippen LogP contribution >= 0.6 is 0 Å². The molecule has 0 aliphatic carbocycles. The summed E-state index contributed by atoms with van der Waals surface area (Å²) >= 11 is 0. The van der Waals surface area contributed by atoms with Crippen LogP contribution in [-0.4, -0.2) is 11.7 Å². The Morgan fingerprint density at radius 1 is 1.67 bits per heavy atom. The molecule has 0 heterocycles. The van der Waals surface area contributed by atoms with Crippen LogP contribution in [0.15, 0.2) is 0 Å². The summed E-state index contributed by atoms with van der Waals surface area (Å²) in [4.78, 5) is 11.9. The third-order valence-electron chi connectivity index (χ3n) is 0.0713. The van der Waals surface area contributed by atoms with E-state index in [9.17, 15) is 0 Å². The van der Waals surface area contributed by atoms with Gasteiger partial charge in [0.25, 0.3) is 0 Å². The van der Waals surface area contributed by atoms with Gasteiger partial charge < -0.3 is 9.68 Å². The van der Waals surface area contributed by atoms with E-state index >= 15 is 0 Å². The Kier molecular flexibility index (Phi) is 13.8. The second-order valence-corrected chi connectivity index (χ2v) is 0.241. The summed E-state index contributed by atoms with van der Waals surface area (Å²) in [5, 5.41) is 9.85. The zero-order valence-electron chi connectivity index (χ0n) is 2.53. The van der Waals surface area contributed by atoms with Crippen LogP contribution < -0.4 is 0 Å². The Labute approximate surface area is 44.4 Å². The van der Waals surface area contributed by atoms with Gasteiger partial charge in [0.1, 0.15) is 0 Å². The van der Waals surface area contributed by atoms with Gasteiger partial charge >= 0.3 is 0 Å². The van der Waals surface area contributed by atoms with Gasteiger partial charge in [-0.25, -0.2) is 5.26 Å². The topological polar surface area (TPSA) is 55.8 Å². The molecule has 0 aliphatic rings. The predicted octanol–water partition coefficient (Wildman–Crippen LogP) is -0.528. The SMILES string of the molecule is O=[C-]OOO.[Fe]. The fraction of sp³-hybridized carbons (Fsp3) is 0. The Hall–Kier alpha value is -0.0905. The van der Waals surface area contributed by atoms with E-state index in [4.69, 9.17) is 10.1 Å². The van der Waals surface area contributed by atoms with Crippen LogP contribution in [0.1, 0.15) is 0 Å². The average Bonchev–Trinajstić information content (AvgIpc) is 1.41. The monoisotopic (exact) mass is 133 g/mol. The third kappa shape index (κ3) is 9.08. The molecule has 0 aromatic heterocycles. The van der Waals surface area contributed by atoms with Crippen molar-refractivity contribution in [2.75, 3.05) is 0 Å². The molecule has 4 nitrogen and oxygen atoms in total. The molecule has 0 unspecified atom stereocenters. The van der Waals surface area contributed by atoms with E-state index in [0.29, 0.717) is 0 Å². The van der Waals surface area contributed by atoms with Gasteiger partial charge in [-0.15, -0.1) is 0 Å². The van der Waals surface area contributed by atoms with Crippen molar-refractivity contribution >= 4 is 6.47 Å². The summed E-state index contributed by atoms with van der Waals surface area (Å²) in [5.74, 6) is 0. The van der Waals surface area contributed by atoms with Crippen molar-refractivity contribution in [1.82, 2.24) is 0 Å². The summed E-state index contributed by atoms with van der Waals surface area (Å²) in [6.07, 6.45) is 0. The molecule has 0 amide bonds. The van der Waals surface area contributed by atoms with Crippen LogP contribution in [0.2, 0.25) is 0 Å². The Bertz CT molecular complexity index is 28.7. The first-order chi connectivity index (χ1) is 2.41. The molecule has 0 fully saturated rings. The summed E-state index contributed by atoms with van der Waals surface area (Å²) in [5.41, 5.74) is 0. The number of hydrogen-bond donors (Lipinski definition) is 1. The van der Waals surface area contributed by atoms with Crippen LogP contribution in [-0.2, 0) is 31.8 Å². The minimum Gasteiger partial charge on any atom is -0.495 e. The molecule has 0 spiro atoms. The Balaban J connectivity index is 0. The standard InChI is InChI=1S/CHO4.Fe/c2-1-4-5-3;/h3H;/q-1;. The molecule has 0 atom stereocenters. The van der Waals surface area contributed by atoms with E-state index < -0.39 is 0 Å². The molecule has 38 valence electrons. The smallest absolute Gasteiger partial charge is 0 e. The quantitative estimate of drug-likeness (QED) is 0.238. The zero-order chi connectivity index (χ0) is 4.12. The zero-order valence-corrected chi connectivity index (χ0v) is 3.63. The maximum Gasteiger partial charge on any atom is 0 e. The maximum absolute atomic E-state index is 8.77. The second kappa shape index (κ2) is 8.86. The van der Waals surface area contributed by atoms with Crippen molar-refractivity contribution in [3.05, 3.63) is 0 Å². The number of rotatable bonds is 2. The second-order valence-electron chi connectivity index (χ2n) is 0.241. The first-order valence-electron chi connectivity index (χ1n) is 0.757. The third-order valence-corrected chi connectivity index (χ3v) is 0.0713. The van der Waals surface area contributed by atoms with Crippen LogP contribution in [0.4, 0.5) is 0 Å². The molecule has 0 bridgehead atoms. The Morgan fingerprint density at radius 2 is 2.17 bits per heavy atom. The van der Waals surface area contributed by atoms with Crippen molar-refractivity contribution in [2.45, 2.75) is 0 Å². The molecule has 0 aliphatic heterocycles. The summed E-state index contributed by atoms with van der Waals surface area (Å²) in [7, 11) is 0. The fourth-order valence-corrected chi connectivity index (χ4v) is 0.0152. The van der Waals surface area contributed by atoms with Gasteiger partial charge in [0.2, 0.25) is 0 Å². The molecule has 0 aromatic rings. The molecular formula is CHFeO4-. The van der Waals surface area contributed by atoms with Crippen LogP contribution in [0.5, 0.6) is 0 Å². The molecule has 1 N–H and O–H groups in total. The van der Waals surface area contributed by atoms with Gasteiger partial charge in [-0.05, 0) is 6.47 Å². The molecule has 0 aromatic carbocycles. The largest absolute Gasteiger partial charge is 0.495 e. The normalized spacial score (nSPS) is 5.50. The van der Waals surface area contributed by atoms with Gasteiger partial charge in [-0.2, -0.15) is 0 Å². The summed E-state index contributed by atoms with van der Waals surface area (Å²) in [6.45, 7) is 0.795. The molecule has 0 saturated heterocycles. The Morgan fingerprint density at radius 3 is 2.17 bits per heavy atom. The minimum absolute atomic E-state index is 0. The van der Waals surface area contributed by atoms with Gasteiger partial charge in [-0.3, -0.25) is 0 Å². The van der Waals surface area contributed by atoms with E-state index in [0.717, 1.165) is 6.47 Å². The summed E-state index contributed by atoms with van der Waals surface area (Å²) < 4.78 is 0. The number of carbonyl (C=O) groups excluding carboxylic acids is 1. The van der Waals surface area contributed by atoms with Gasteiger partial charge in [-0.1, -0.05) is 5.04 Å². The molecule has 6 heavy (non-hydrogen) atoms. The van der Waals surface area contributed by atoms with Gasteiger partial charge in [0.15, 0.2) is 0 Å². The van der Waals surface area contributed by atoms with E-state index in [1.807, 2.05) is 0 Å². The van der Waals surface area contributed by atoms with E-state index in [-0.39, 0.29) is 17.1 Å². The molecule has 5 heteroatoms. The van der Waals surface area contributed by atoms with Crippen molar-refractivity contribution in [3.63, 3.8) is 0 Å². The molecular weight excluding hydrogens is 132 g/mol. The minimum atomic E-state index is 0. The van der Waals surface area contributed by atoms with Crippen molar-refractivity contribution in [3.8, 4) is 0 Å². The first-order valence-corrected chi connectivity index (χ1v) is 0.757. The van der Waals surface area contributed by atoms with E-state index in [1.165, 1.54) is 0 Å².